The molecule has 1 fully saturated rings. The predicted molar refractivity (Wildman–Crippen MR) is 85.9 cm³/mol. The normalized spacial score (nSPS) is 21.1. The fraction of sp³-hybridized carbons (Fsp3) is 0.308. The summed E-state index contributed by atoms with van der Waals surface area (Å²) in [5.41, 5.74) is -0.472. The Morgan fingerprint density at radius 1 is 1.43 bits per heavy atom. The maximum absolute atomic E-state index is 12.3. The van der Waals surface area contributed by atoms with Gasteiger partial charge in [-0.1, -0.05) is 0 Å². The van der Waals surface area contributed by atoms with Crippen molar-refractivity contribution in [3.05, 3.63) is 32.5 Å². The molecular formula is C13H11AlBrN4O4-. The largest absolute Gasteiger partial charge is 0.859 e. The van der Waals surface area contributed by atoms with Crippen LogP contribution in [0.1, 0.15) is 5.56 Å². The number of fused-ring (bicyclic) bond motifs is 1. The molecule has 2 aromatic rings. The fourth-order valence-corrected chi connectivity index (χ4v) is 3.48. The van der Waals surface area contributed by atoms with Crippen LogP contribution in [0.25, 0.3) is 11.0 Å². The van der Waals surface area contributed by atoms with Gasteiger partial charge in [-0.3, -0.25) is 4.79 Å². The summed E-state index contributed by atoms with van der Waals surface area (Å²) in [6, 6.07) is 1.53. The molecule has 1 aliphatic heterocycles. The van der Waals surface area contributed by atoms with Gasteiger partial charge in [-0.05, 0) is 34.1 Å². The molecule has 23 heavy (non-hydrogen) atoms. The molecule has 1 saturated heterocycles. The molecule has 0 bridgehead atoms. The van der Waals surface area contributed by atoms with Gasteiger partial charge in [0.2, 0.25) is 0 Å². The quantitative estimate of drug-likeness (QED) is 0.318. The second-order valence-corrected chi connectivity index (χ2v) is 6.72. The minimum absolute atomic E-state index is 0.203. The number of pyridine rings is 2. The van der Waals surface area contributed by atoms with Crippen LogP contribution < -0.4 is 15.4 Å². The van der Waals surface area contributed by atoms with Gasteiger partial charge in [0.1, 0.15) is 11.5 Å². The highest BCUT2D eigenvalue weighted by atomic mass is 79.9. The minimum atomic E-state index is -1.06. The third-order valence-corrected chi connectivity index (χ3v) is 4.72. The van der Waals surface area contributed by atoms with Crippen molar-refractivity contribution in [2.45, 2.75) is 12.2 Å². The first-order chi connectivity index (χ1) is 10.8. The van der Waals surface area contributed by atoms with Gasteiger partial charge in [0.05, 0.1) is 22.1 Å². The van der Waals surface area contributed by atoms with Crippen LogP contribution >= 0.6 is 15.9 Å². The first-order valence-electron chi connectivity index (χ1n) is 6.67. The summed E-state index contributed by atoms with van der Waals surface area (Å²) in [5.74, 6) is -0.576. The zero-order chi connectivity index (χ0) is 16.9. The van der Waals surface area contributed by atoms with E-state index >= 15 is 0 Å². The van der Waals surface area contributed by atoms with Crippen molar-refractivity contribution in [1.82, 2.24) is 8.53 Å². The van der Waals surface area contributed by atoms with E-state index in [1.165, 1.54) is 15.8 Å². The number of nitrogens with zero attached hydrogens (tertiary/aromatic N) is 3. The monoisotopic (exact) mass is 393 g/mol. The van der Waals surface area contributed by atoms with E-state index in [0.29, 0.717) is 15.9 Å². The number of β-amino-alcohol motifs (C(OH)–C–C–N with tert-alkyl or cyclic N) is 2. The summed E-state index contributed by atoms with van der Waals surface area (Å²) in [4.78, 5) is 18.4. The second-order valence-electron chi connectivity index (χ2n) is 5.31. The lowest BCUT2D eigenvalue weighted by atomic mass is 10.2. The summed E-state index contributed by atoms with van der Waals surface area (Å²) in [5, 5.41) is 38.0. The molecule has 0 amide bonds. The molecule has 10 heteroatoms. The summed E-state index contributed by atoms with van der Waals surface area (Å²) in [6.45, 7) is 0.450. The van der Waals surface area contributed by atoms with Crippen LogP contribution in [-0.2, 0) is 0 Å². The van der Waals surface area contributed by atoms with Crippen LogP contribution in [-0.4, -0.2) is 66.5 Å². The van der Waals surface area contributed by atoms with E-state index in [9.17, 15) is 20.1 Å². The molecule has 2 atom stereocenters. The van der Waals surface area contributed by atoms with Gasteiger partial charge >= 0.3 is 16.5 Å². The summed E-state index contributed by atoms with van der Waals surface area (Å²) < 4.78 is 1.93. The van der Waals surface area contributed by atoms with Gasteiger partial charge in [-0.25, -0.2) is 4.98 Å². The number of aliphatic hydroxyl groups excluding tert-OH is 2. The van der Waals surface area contributed by atoms with E-state index in [1.54, 1.807) is 4.90 Å². The highest BCUT2D eigenvalue weighted by Crippen LogP contribution is 2.29. The Morgan fingerprint density at radius 2 is 2.04 bits per heavy atom. The number of nitrogens with one attached hydrogen (secondary N) is 1. The fourth-order valence-electron chi connectivity index (χ4n) is 2.56. The molecule has 2 aromatic heterocycles. The van der Waals surface area contributed by atoms with Gasteiger partial charge in [-0.15, -0.1) is 0 Å². The van der Waals surface area contributed by atoms with Crippen molar-refractivity contribution in [3.8, 4) is 0 Å². The van der Waals surface area contributed by atoms with Crippen molar-refractivity contribution in [1.29, 1.82) is 5.41 Å². The minimum Gasteiger partial charge on any atom is -0.859 e. The maximum atomic E-state index is 12.3. The van der Waals surface area contributed by atoms with Crippen LogP contribution in [0.2, 0.25) is 0 Å². The van der Waals surface area contributed by atoms with E-state index in [1.807, 2.05) is 0 Å². The molecule has 0 aromatic carbocycles. The van der Waals surface area contributed by atoms with Crippen LogP contribution in [0.4, 0.5) is 5.82 Å². The van der Waals surface area contributed by atoms with E-state index < -0.39 is 23.5 Å². The molecule has 1 aliphatic rings. The first kappa shape index (κ1) is 16.4. The van der Waals surface area contributed by atoms with Crippen LogP contribution in [0.3, 0.4) is 0 Å². The third kappa shape index (κ3) is 2.77. The molecule has 0 unspecified atom stereocenters. The zero-order valence-electron chi connectivity index (χ0n) is 11.7. The number of aliphatic hydroxyl groups is 2. The van der Waals surface area contributed by atoms with Gasteiger partial charge < -0.3 is 29.2 Å². The number of hydrogen-bond donors (Lipinski definition) is 3. The molecule has 3 heterocycles. The van der Waals surface area contributed by atoms with Gasteiger partial charge in [0.15, 0.2) is 5.43 Å². The Labute approximate surface area is 147 Å². The lowest BCUT2D eigenvalue weighted by Crippen LogP contribution is -2.28. The molecule has 118 valence electrons. The molecule has 3 N–H and O–H groups in total. The SMILES string of the molecule is N=C([O-])c1c[n]([Al])c2nc(N3C[C@@H](O)[C@H](O)C3)c(Br)cc2c1=O. The molecule has 2 radical (unpaired) electrons. The Morgan fingerprint density at radius 3 is 2.61 bits per heavy atom. The molecule has 8 nitrogen and oxygen atoms in total. The molecule has 0 spiro atoms. The van der Waals surface area contributed by atoms with E-state index in [4.69, 9.17) is 5.41 Å². The number of halogens is 1. The van der Waals surface area contributed by atoms with Crippen molar-refractivity contribution < 1.29 is 15.3 Å². The Hall–Kier alpha value is -1.44. The van der Waals surface area contributed by atoms with Gasteiger partial charge in [0.25, 0.3) is 0 Å². The van der Waals surface area contributed by atoms with E-state index in [2.05, 4.69) is 37.4 Å². The smallest absolute Gasteiger partial charge is 0.319 e. The number of aromatic nitrogens is 2. The molecule has 3 rings (SSSR count). The van der Waals surface area contributed by atoms with Gasteiger partial charge in [-0.2, -0.15) is 0 Å². The molecule has 0 saturated carbocycles. The average molecular weight is 394 g/mol. The molecule has 0 aliphatic carbocycles. The Kier molecular flexibility index (Phi) is 4.20. The standard InChI is InChI=1S/C13H13BrN4O4.Al/c14-7-1-5-10(21)6(11(15)22)2-16-12(5)17-13(7)18-3-8(19)9(20)4-18;/h1-2,8-9,19-20H,3-4H2,(H3,15,16,17,21,22);/q;+1/p-2/t8-,9-;/m1./s1. The van der Waals surface area contributed by atoms with Crippen molar-refractivity contribution in [3.63, 3.8) is 0 Å². The van der Waals surface area contributed by atoms with Crippen molar-refractivity contribution >= 4 is 55.2 Å². The third-order valence-electron chi connectivity index (χ3n) is 3.74. The lowest BCUT2D eigenvalue weighted by Gasteiger charge is -2.20. The summed E-state index contributed by atoms with van der Waals surface area (Å²) in [7, 11) is 0. The Balaban J connectivity index is 2.20. The Bertz CT molecular complexity index is 861. The summed E-state index contributed by atoms with van der Waals surface area (Å²) >= 11 is 5.66. The molecular weight excluding hydrogens is 383 g/mol. The van der Waals surface area contributed by atoms with E-state index in [0.717, 1.165) is 0 Å². The first-order valence-corrected chi connectivity index (χ1v) is 7.98. The van der Waals surface area contributed by atoms with Crippen LogP contribution in [0.5, 0.6) is 0 Å². The highest BCUT2D eigenvalue weighted by Gasteiger charge is 2.31. The van der Waals surface area contributed by atoms with Gasteiger partial charge in [0, 0.05) is 18.7 Å². The number of hydrogen-bond acceptors (Lipinski definition) is 7. The number of rotatable bonds is 2. The topological polar surface area (TPSA) is 126 Å². The maximum Gasteiger partial charge on any atom is 0.319 e. The van der Waals surface area contributed by atoms with Crippen molar-refractivity contribution in [2.24, 2.45) is 0 Å². The number of anilines is 1. The highest BCUT2D eigenvalue weighted by molar-refractivity contribution is 9.10. The lowest BCUT2D eigenvalue weighted by molar-refractivity contribution is -0.214. The predicted octanol–water partition coefficient (Wildman–Crippen LogP) is -1.68. The van der Waals surface area contributed by atoms with Crippen LogP contribution in [0, 0.1) is 5.41 Å². The average Bonchev–Trinajstić information content (AvgIpc) is 2.81. The second kappa shape index (κ2) is 5.89. The summed E-state index contributed by atoms with van der Waals surface area (Å²) in [6.07, 6.45) is -0.468. The van der Waals surface area contributed by atoms with Crippen molar-refractivity contribution in [2.75, 3.05) is 18.0 Å². The zero-order valence-corrected chi connectivity index (χ0v) is 14.5. The van der Waals surface area contributed by atoms with E-state index in [-0.39, 0.29) is 24.0 Å². The van der Waals surface area contributed by atoms with Crippen LogP contribution in [0.15, 0.2) is 21.5 Å².